The molecule has 0 amide bonds. The van der Waals surface area contributed by atoms with Crippen LogP contribution in [0.2, 0.25) is 0 Å². The molecular formula is C17H27NO2. The third-order valence-corrected chi connectivity index (χ3v) is 4.15. The van der Waals surface area contributed by atoms with Gasteiger partial charge in [-0.3, -0.25) is 4.90 Å². The fourth-order valence-corrected chi connectivity index (χ4v) is 2.97. The van der Waals surface area contributed by atoms with Crippen LogP contribution in [0.3, 0.4) is 0 Å². The molecule has 3 nitrogen and oxygen atoms in total. The molecule has 0 spiro atoms. The minimum absolute atomic E-state index is 0.357. The van der Waals surface area contributed by atoms with Crippen molar-refractivity contribution in [3.05, 3.63) is 23.8 Å². The Morgan fingerprint density at radius 3 is 2.60 bits per heavy atom. The summed E-state index contributed by atoms with van der Waals surface area (Å²) in [6, 6.07) is 6.40. The van der Waals surface area contributed by atoms with Gasteiger partial charge >= 0.3 is 0 Å². The largest absolute Gasteiger partial charge is 0.507 e. The molecule has 1 aliphatic rings. The zero-order chi connectivity index (χ0) is 14.4. The van der Waals surface area contributed by atoms with Gasteiger partial charge in [-0.2, -0.15) is 0 Å². The molecule has 112 valence electrons. The fraction of sp³-hybridized carbons (Fsp3) is 0.647. The van der Waals surface area contributed by atoms with Crippen LogP contribution in [0.4, 0.5) is 0 Å². The molecule has 2 rings (SSSR count). The van der Waals surface area contributed by atoms with Crippen molar-refractivity contribution in [3.63, 3.8) is 0 Å². The Labute approximate surface area is 122 Å². The summed E-state index contributed by atoms with van der Waals surface area (Å²) in [5, 5.41) is 10.2. The van der Waals surface area contributed by atoms with Crippen molar-refractivity contribution >= 4 is 0 Å². The van der Waals surface area contributed by atoms with Crippen LogP contribution in [0.15, 0.2) is 18.2 Å². The van der Waals surface area contributed by atoms with E-state index in [1.54, 1.807) is 6.07 Å². The average Bonchev–Trinajstić information content (AvgIpc) is 2.98. The topological polar surface area (TPSA) is 32.7 Å². The monoisotopic (exact) mass is 277 g/mol. The van der Waals surface area contributed by atoms with Gasteiger partial charge in [0.15, 0.2) is 0 Å². The van der Waals surface area contributed by atoms with Gasteiger partial charge in [0.05, 0.1) is 6.61 Å². The normalized spacial score (nSPS) is 15.9. The second-order valence-electron chi connectivity index (χ2n) is 5.64. The second-order valence-corrected chi connectivity index (χ2v) is 5.64. The second kappa shape index (κ2) is 7.53. The highest BCUT2D eigenvalue weighted by atomic mass is 16.5. The van der Waals surface area contributed by atoms with Gasteiger partial charge in [0.1, 0.15) is 11.5 Å². The Morgan fingerprint density at radius 1 is 1.25 bits per heavy atom. The molecule has 1 aliphatic carbocycles. The van der Waals surface area contributed by atoms with Crippen LogP contribution >= 0.6 is 0 Å². The van der Waals surface area contributed by atoms with E-state index >= 15 is 0 Å². The lowest BCUT2D eigenvalue weighted by atomic mass is 10.1. The molecule has 0 heterocycles. The first-order chi connectivity index (χ1) is 9.74. The minimum atomic E-state index is 0.357. The summed E-state index contributed by atoms with van der Waals surface area (Å²) in [5.74, 6) is 1.12. The summed E-state index contributed by atoms with van der Waals surface area (Å²) < 4.78 is 5.55. The summed E-state index contributed by atoms with van der Waals surface area (Å²) in [5.41, 5.74) is 1.00. The van der Waals surface area contributed by atoms with E-state index in [9.17, 15) is 5.11 Å². The first-order valence-electron chi connectivity index (χ1n) is 7.93. The number of phenolic OH excluding ortho intramolecular Hbond substituents is 1. The van der Waals surface area contributed by atoms with E-state index in [4.69, 9.17) is 4.74 Å². The molecule has 1 aromatic rings. The molecule has 0 atom stereocenters. The van der Waals surface area contributed by atoms with E-state index in [-0.39, 0.29) is 0 Å². The maximum atomic E-state index is 10.2. The minimum Gasteiger partial charge on any atom is -0.507 e. The van der Waals surface area contributed by atoms with Crippen LogP contribution in [-0.4, -0.2) is 29.2 Å². The fourth-order valence-electron chi connectivity index (χ4n) is 2.97. The van der Waals surface area contributed by atoms with Crippen LogP contribution in [0.25, 0.3) is 0 Å². The zero-order valence-corrected chi connectivity index (χ0v) is 12.8. The van der Waals surface area contributed by atoms with Crippen molar-refractivity contribution in [2.75, 3.05) is 13.2 Å². The predicted molar refractivity (Wildman–Crippen MR) is 82.2 cm³/mol. The lowest BCUT2D eigenvalue weighted by Crippen LogP contribution is -2.32. The summed E-state index contributed by atoms with van der Waals surface area (Å²) in [6.45, 7) is 6.85. The zero-order valence-electron chi connectivity index (χ0n) is 12.8. The average molecular weight is 277 g/mol. The molecule has 3 heteroatoms. The molecule has 0 radical (unpaired) electrons. The highest BCUT2D eigenvalue weighted by Gasteiger charge is 2.22. The Bertz CT molecular complexity index is 413. The maximum Gasteiger partial charge on any atom is 0.123 e. The third-order valence-electron chi connectivity index (χ3n) is 4.15. The van der Waals surface area contributed by atoms with Crippen molar-refractivity contribution in [3.8, 4) is 11.5 Å². The van der Waals surface area contributed by atoms with E-state index in [0.29, 0.717) is 18.4 Å². The van der Waals surface area contributed by atoms with Crippen LogP contribution in [0, 0.1) is 0 Å². The predicted octanol–water partition coefficient (Wildman–Crippen LogP) is 3.95. The van der Waals surface area contributed by atoms with Gasteiger partial charge in [-0.1, -0.05) is 32.8 Å². The quantitative estimate of drug-likeness (QED) is 0.819. The van der Waals surface area contributed by atoms with Gasteiger partial charge in [0.2, 0.25) is 0 Å². The first kappa shape index (κ1) is 15.2. The van der Waals surface area contributed by atoms with Gasteiger partial charge in [-0.25, -0.2) is 0 Å². The number of ether oxygens (including phenoxy) is 1. The van der Waals surface area contributed by atoms with Crippen molar-refractivity contribution in [2.45, 2.75) is 58.5 Å². The Morgan fingerprint density at radius 2 is 2.00 bits per heavy atom. The lowest BCUT2D eigenvalue weighted by Gasteiger charge is -2.27. The van der Waals surface area contributed by atoms with E-state index in [1.165, 1.54) is 25.7 Å². The molecular weight excluding hydrogens is 250 g/mol. The molecule has 0 saturated heterocycles. The Kier molecular flexibility index (Phi) is 5.72. The number of hydrogen-bond acceptors (Lipinski definition) is 3. The Hall–Kier alpha value is -1.22. The van der Waals surface area contributed by atoms with Crippen molar-refractivity contribution < 1.29 is 9.84 Å². The van der Waals surface area contributed by atoms with Crippen LogP contribution in [0.5, 0.6) is 11.5 Å². The van der Waals surface area contributed by atoms with E-state index in [1.807, 2.05) is 12.1 Å². The van der Waals surface area contributed by atoms with Gasteiger partial charge in [-0.15, -0.1) is 0 Å². The molecule has 20 heavy (non-hydrogen) atoms. The van der Waals surface area contributed by atoms with Crippen LogP contribution in [-0.2, 0) is 6.54 Å². The highest BCUT2D eigenvalue weighted by Crippen LogP contribution is 2.29. The molecule has 0 aliphatic heterocycles. The van der Waals surface area contributed by atoms with E-state index < -0.39 is 0 Å². The van der Waals surface area contributed by atoms with Gasteiger partial charge in [0, 0.05) is 24.2 Å². The number of hydrogen-bond donors (Lipinski definition) is 1. The summed E-state index contributed by atoms with van der Waals surface area (Å²) in [6.07, 6.45) is 6.26. The van der Waals surface area contributed by atoms with Crippen LogP contribution in [0.1, 0.15) is 51.5 Å². The molecule has 0 aromatic heterocycles. The van der Waals surface area contributed by atoms with Gasteiger partial charge in [-0.05, 0) is 31.9 Å². The number of benzene rings is 1. The van der Waals surface area contributed by atoms with Crippen LogP contribution < -0.4 is 4.74 Å². The summed E-state index contributed by atoms with van der Waals surface area (Å²) in [7, 11) is 0. The number of aromatic hydroxyl groups is 1. The van der Waals surface area contributed by atoms with Gasteiger partial charge in [0.25, 0.3) is 0 Å². The maximum absolute atomic E-state index is 10.2. The van der Waals surface area contributed by atoms with Gasteiger partial charge < -0.3 is 9.84 Å². The third kappa shape index (κ3) is 3.89. The molecule has 1 aromatic carbocycles. The molecule has 1 fully saturated rings. The summed E-state index contributed by atoms with van der Waals surface area (Å²) in [4.78, 5) is 2.48. The molecule has 1 saturated carbocycles. The number of rotatable bonds is 7. The SMILES string of the molecule is CCCOc1ccc(CN(CC)C2CCCC2)c(O)c1. The Balaban J connectivity index is 2.00. The van der Waals surface area contributed by atoms with E-state index in [2.05, 4.69) is 18.7 Å². The number of phenols is 1. The van der Waals surface area contributed by atoms with Crippen molar-refractivity contribution in [1.82, 2.24) is 4.90 Å². The molecule has 1 N–H and O–H groups in total. The standard InChI is InChI=1S/C17H27NO2/c1-3-11-20-16-10-9-14(17(19)12-16)13-18(4-2)15-7-5-6-8-15/h9-10,12,15,19H,3-8,11,13H2,1-2H3. The summed E-state index contributed by atoms with van der Waals surface area (Å²) >= 11 is 0. The van der Waals surface area contributed by atoms with Crippen molar-refractivity contribution in [1.29, 1.82) is 0 Å². The smallest absolute Gasteiger partial charge is 0.123 e. The highest BCUT2D eigenvalue weighted by molar-refractivity contribution is 5.39. The van der Waals surface area contributed by atoms with E-state index in [0.717, 1.165) is 30.8 Å². The number of nitrogens with zero attached hydrogens (tertiary/aromatic N) is 1. The van der Waals surface area contributed by atoms with Crippen molar-refractivity contribution in [2.24, 2.45) is 0 Å². The molecule has 0 bridgehead atoms. The molecule has 0 unspecified atom stereocenters. The first-order valence-corrected chi connectivity index (χ1v) is 7.93. The lowest BCUT2D eigenvalue weighted by molar-refractivity contribution is 0.198.